The average Bonchev–Trinajstić information content (AvgIpc) is 3.05. The second kappa shape index (κ2) is 5.14. The molecule has 0 spiro atoms. The number of hydrogen-bond donors (Lipinski definition) is 0. The molecule has 0 bridgehead atoms. The van der Waals surface area contributed by atoms with E-state index in [0.717, 1.165) is 33.1 Å². The van der Waals surface area contributed by atoms with Crippen molar-refractivity contribution >= 4 is 50.7 Å². The van der Waals surface area contributed by atoms with Crippen LogP contribution in [0.4, 0.5) is 0 Å². The summed E-state index contributed by atoms with van der Waals surface area (Å²) >= 11 is 5.13. The van der Waals surface area contributed by atoms with Crippen molar-refractivity contribution in [2.24, 2.45) is 5.92 Å². The molecule has 3 heterocycles. The largest absolute Gasteiger partial charge is 0.248 e. The zero-order valence-corrected chi connectivity index (χ0v) is 14.7. The maximum absolute atomic E-state index is 4.88. The number of fused-ring (bicyclic) bond motifs is 5. The van der Waals surface area contributed by atoms with Gasteiger partial charge >= 0.3 is 0 Å². The minimum absolute atomic E-state index is 0.779. The van der Waals surface area contributed by atoms with Gasteiger partial charge in [0.1, 0.15) is 4.83 Å². The molecule has 0 saturated heterocycles. The molecule has 1 atom stereocenters. The van der Waals surface area contributed by atoms with Crippen LogP contribution in [0.15, 0.2) is 10.3 Å². The highest BCUT2D eigenvalue weighted by Gasteiger charge is 2.25. The predicted octanol–water partition coefficient (Wildman–Crippen LogP) is 3.91. The first-order valence-electron chi connectivity index (χ1n) is 7.00. The molecule has 0 unspecified atom stereocenters. The third-order valence-electron chi connectivity index (χ3n) is 4.10. The highest BCUT2D eigenvalue weighted by atomic mass is 32.2. The number of thioether (sulfide) groups is 2. The van der Waals surface area contributed by atoms with Crippen LogP contribution in [0.1, 0.15) is 23.8 Å². The summed E-state index contributed by atoms with van der Waals surface area (Å²) in [5.74, 6) is 0.779. The van der Waals surface area contributed by atoms with E-state index in [1.807, 2.05) is 17.6 Å². The van der Waals surface area contributed by atoms with Gasteiger partial charge in [0, 0.05) is 4.88 Å². The molecular formula is C14H16N4S3. The van der Waals surface area contributed by atoms with Crippen LogP contribution in [0.3, 0.4) is 0 Å². The number of aromatic nitrogens is 4. The molecule has 110 valence electrons. The summed E-state index contributed by atoms with van der Waals surface area (Å²) in [6, 6.07) is 0. The summed E-state index contributed by atoms with van der Waals surface area (Å²) in [6.45, 7) is 2.34. The lowest BCUT2D eigenvalue weighted by Crippen LogP contribution is -2.08. The Morgan fingerprint density at radius 1 is 1.19 bits per heavy atom. The average molecular weight is 337 g/mol. The molecule has 0 radical (unpaired) electrons. The van der Waals surface area contributed by atoms with E-state index in [4.69, 9.17) is 4.98 Å². The van der Waals surface area contributed by atoms with Crippen molar-refractivity contribution in [2.75, 3.05) is 12.5 Å². The molecule has 4 rings (SSSR count). The van der Waals surface area contributed by atoms with Crippen LogP contribution in [0, 0.1) is 5.92 Å². The van der Waals surface area contributed by atoms with Gasteiger partial charge in [-0.05, 0) is 43.3 Å². The maximum atomic E-state index is 4.88. The summed E-state index contributed by atoms with van der Waals surface area (Å²) in [5, 5.41) is 12.0. The van der Waals surface area contributed by atoms with Crippen molar-refractivity contribution in [1.82, 2.24) is 19.6 Å². The maximum Gasteiger partial charge on any atom is 0.197 e. The fraction of sp³-hybridized carbons (Fsp3) is 0.500. The third-order valence-corrected chi connectivity index (χ3v) is 6.52. The minimum Gasteiger partial charge on any atom is -0.248 e. The first-order valence-corrected chi connectivity index (χ1v) is 10.3. The molecule has 4 nitrogen and oxygen atoms in total. The quantitative estimate of drug-likeness (QED) is 0.524. The van der Waals surface area contributed by atoms with Gasteiger partial charge in [-0.2, -0.15) is 0 Å². The Morgan fingerprint density at radius 2 is 2.00 bits per heavy atom. The SMILES string of the molecule is CSc1nnc2c3c4c(sc3nc(SC)n12)C[C@@H](C)CC4. The van der Waals surface area contributed by atoms with Crippen LogP contribution in [0.25, 0.3) is 15.9 Å². The summed E-state index contributed by atoms with van der Waals surface area (Å²) < 4.78 is 2.11. The van der Waals surface area contributed by atoms with Crippen LogP contribution in [-0.4, -0.2) is 32.1 Å². The zero-order valence-electron chi connectivity index (χ0n) is 12.2. The standard InChI is InChI=1S/C14H16N4S3/c1-7-4-5-8-9(6-7)21-12-10(8)11-16-17-14(20-3)18(11)13(15-12)19-2/h7H,4-6H2,1-3H3/t7-/m0/s1. The predicted molar refractivity (Wildman–Crippen MR) is 90.9 cm³/mol. The Morgan fingerprint density at radius 3 is 2.76 bits per heavy atom. The highest BCUT2D eigenvalue weighted by molar-refractivity contribution is 7.99. The van der Waals surface area contributed by atoms with Gasteiger partial charge in [-0.3, -0.25) is 0 Å². The zero-order chi connectivity index (χ0) is 14.6. The number of nitrogens with zero attached hydrogens (tertiary/aromatic N) is 4. The van der Waals surface area contributed by atoms with Gasteiger partial charge < -0.3 is 0 Å². The van der Waals surface area contributed by atoms with Gasteiger partial charge in [0.15, 0.2) is 16.0 Å². The van der Waals surface area contributed by atoms with Crippen molar-refractivity contribution in [1.29, 1.82) is 0 Å². The van der Waals surface area contributed by atoms with Crippen LogP contribution in [-0.2, 0) is 12.8 Å². The van der Waals surface area contributed by atoms with E-state index >= 15 is 0 Å². The lowest BCUT2D eigenvalue weighted by Gasteiger charge is -2.17. The molecule has 0 N–H and O–H groups in total. The summed E-state index contributed by atoms with van der Waals surface area (Å²) in [4.78, 5) is 7.52. The highest BCUT2D eigenvalue weighted by Crippen LogP contribution is 2.40. The molecule has 21 heavy (non-hydrogen) atoms. The molecule has 0 saturated carbocycles. The van der Waals surface area contributed by atoms with E-state index in [0.29, 0.717) is 0 Å². The molecule has 0 aliphatic heterocycles. The molecule has 3 aromatic heterocycles. The van der Waals surface area contributed by atoms with Crippen molar-refractivity contribution in [3.8, 4) is 0 Å². The van der Waals surface area contributed by atoms with Crippen molar-refractivity contribution in [3.63, 3.8) is 0 Å². The summed E-state index contributed by atoms with van der Waals surface area (Å²) in [6.07, 6.45) is 7.69. The fourth-order valence-corrected chi connectivity index (χ4v) is 5.56. The van der Waals surface area contributed by atoms with Crippen LogP contribution in [0.5, 0.6) is 0 Å². The van der Waals surface area contributed by atoms with E-state index in [1.165, 1.54) is 28.7 Å². The topological polar surface area (TPSA) is 43.1 Å². The fourth-order valence-electron chi connectivity index (χ4n) is 3.06. The van der Waals surface area contributed by atoms with E-state index in [9.17, 15) is 0 Å². The van der Waals surface area contributed by atoms with Gasteiger partial charge in [-0.15, -0.1) is 21.5 Å². The first-order chi connectivity index (χ1) is 10.2. The minimum atomic E-state index is 0.779. The number of aryl methyl sites for hydroxylation is 1. The van der Waals surface area contributed by atoms with Gasteiger partial charge in [0.05, 0.1) is 5.39 Å². The summed E-state index contributed by atoms with van der Waals surface area (Å²) in [5.41, 5.74) is 2.46. The Hall–Kier alpha value is -0.790. The van der Waals surface area contributed by atoms with E-state index in [-0.39, 0.29) is 0 Å². The van der Waals surface area contributed by atoms with E-state index in [2.05, 4.69) is 27.8 Å². The smallest absolute Gasteiger partial charge is 0.197 e. The molecule has 3 aromatic rings. The molecule has 1 aliphatic rings. The normalized spacial score (nSPS) is 18.5. The lowest BCUT2D eigenvalue weighted by molar-refractivity contribution is 0.509. The number of rotatable bonds is 2. The van der Waals surface area contributed by atoms with Crippen LogP contribution in [0.2, 0.25) is 0 Å². The molecular weight excluding hydrogens is 320 g/mol. The van der Waals surface area contributed by atoms with Crippen molar-refractivity contribution < 1.29 is 0 Å². The second-order valence-corrected chi connectivity index (χ2v) is 8.11. The van der Waals surface area contributed by atoms with E-state index < -0.39 is 0 Å². The Labute approximate surface area is 135 Å². The monoisotopic (exact) mass is 336 g/mol. The lowest BCUT2D eigenvalue weighted by atomic mass is 9.89. The molecule has 1 aliphatic carbocycles. The summed E-state index contributed by atoms with van der Waals surface area (Å²) in [7, 11) is 0. The molecule has 0 amide bonds. The molecule has 0 fully saturated rings. The Balaban J connectivity index is 2.10. The third kappa shape index (κ3) is 2.01. The van der Waals surface area contributed by atoms with Gasteiger partial charge in [-0.1, -0.05) is 30.4 Å². The first kappa shape index (κ1) is 13.8. The van der Waals surface area contributed by atoms with Gasteiger partial charge in [-0.25, -0.2) is 9.38 Å². The van der Waals surface area contributed by atoms with E-state index in [1.54, 1.807) is 23.5 Å². The molecule has 7 heteroatoms. The van der Waals surface area contributed by atoms with Crippen LogP contribution >= 0.6 is 34.9 Å². The van der Waals surface area contributed by atoms with Gasteiger partial charge in [0.25, 0.3) is 0 Å². The van der Waals surface area contributed by atoms with Crippen molar-refractivity contribution in [2.45, 2.75) is 36.5 Å². The Kier molecular flexibility index (Phi) is 3.39. The number of thiophene rings is 1. The molecule has 0 aromatic carbocycles. The second-order valence-electron chi connectivity index (χ2n) is 5.48. The van der Waals surface area contributed by atoms with Crippen LogP contribution < -0.4 is 0 Å². The van der Waals surface area contributed by atoms with Crippen molar-refractivity contribution in [3.05, 3.63) is 10.4 Å². The Bertz CT molecular complexity index is 836. The van der Waals surface area contributed by atoms with Gasteiger partial charge in [0.2, 0.25) is 0 Å². The number of hydrogen-bond acceptors (Lipinski definition) is 6.